The number of rotatable bonds is 7. The summed E-state index contributed by atoms with van der Waals surface area (Å²) in [4.78, 5) is 11.3. The molecule has 2 aromatic carbocycles. The Morgan fingerprint density at radius 2 is 1.52 bits per heavy atom. The molecule has 4 heteroatoms. The minimum Gasteiger partial charge on any atom is -0.479 e. The molecule has 0 N–H and O–H groups in total. The van der Waals surface area contributed by atoms with Gasteiger partial charge in [0.25, 0.3) is 0 Å². The Kier molecular flexibility index (Phi) is 6.48. The Bertz CT molecular complexity index is 620. The zero-order chi connectivity index (χ0) is 16.7. The molecule has 122 valence electrons. The molecular formula is C19H21ClO3. The number of ether oxygens (including phenoxy) is 2. The Hall–Kier alpha value is -2.00. The Morgan fingerprint density at radius 3 is 2.04 bits per heavy atom. The van der Waals surface area contributed by atoms with Crippen molar-refractivity contribution < 1.29 is 14.3 Å². The minimum absolute atomic E-state index is 0.378. The van der Waals surface area contributed by atoms with E-state index in [2.05, 4.69) is 16.9 Å². The Labute approximate surface area is 142 Å². The van der Waals surface area contributed by atoms with Crippen LogP contribution in [0.1, 0.15) is 24.5 Å². The van der Waals surface area contributed by atoms with Crippen molar-refractivity contribution in [3.05, 3.63) is 64.7 Å². The fourth-order valence-electron chi connectivity index (χ4n) is 2.30. The lowest BCUT2D eigenvalue weighted by molar-refractivity contribution is -0.147. The second-order valence-electron chi connectivity index (χ2n) is 5.41. The summed E-state index contributed by atoms with van der Waals surface area (Å²) in [5.74, 6) is 0.293. The number of methoxy groups -OCH3 is 1. The molecule has 0 fully saturated rings. The molecule has 1 atom stereocenters. The lowest BCUT2D eigenvalue weighted by Crippen LogP contribution is -2.24. The number of carbonyl (C=O) groups excluding carboxylic acids is 1. The van der Waals surface area contributed by atoms with Crippen molar-refractivity contribution in [1.82, 2.24) is 0 Å². The molecule has 23 heavy (non-hydrogen) atoms. The average Bonchev–Trinajstić information content (AvgIpc) is 2.57. The molecule has 0 bridgehead atoms. The number of hydrogen-bond acceptors (Lipinski definition) is 3. The van der Waals surface area contributed by atoms with Crippen LogP contribution in [0.15, 0.2) is 48.5 Å². The van der Waals surface area contributed by atoms with E-state index >= 15 is 0 Å². The Balaban J connectivity index is 1.80. The van der Waals surface area contributed by atoms with E-state index in [0.29, 0.717) is 5.75 Å². The predicted molar refractivity (Wildman–Crippen MR) is 92.0 cm³/mol. The summed E-state index contributed by atoms with van der Waals surface area (Å²) < 4.78 is 10.2. The molecule has 1 unspecified atom stereocenters. The normalized spacial score (nSPS) is 11.8. The molecule has 0 aliphatic carbocycles. The standard InChI is InChI=1S/C19H21ClO3/c1-14(19(21)22-2)23-18-12-8-16(9-13-18)5-3-4-15-6-10-17(20)11-7-15/h6-14H,3-5H2,1-2H3. The van der Waals surface area contributed by atoms with Gasteiger partial charge in [-0.25, -0.2) is 4.79 Å². The van der Waals surface area contributed by atoms with E-state index < -0.39 is 6.10 Å². The fourth-order valence-corrected chi connectivity index (χ4v) is 2.43. The Morgan fingerprint density at radius 1 is 1.00 bits per heavy atom. The van der Waals surface area contributed by atoms with Crippen LogP contribution in [0.2, 0.25) is 5.02 Å². The molecule has 2 aromatic rings. The van der Waals surface area contributed by atoms with Crippen molar-refractivity contribution in [2.45, 2.75) is 32.3 Å². The van der Waals surface area contributed by atoms with Gasteiger partial charge in [-0.1, -0.05) is 35.9 Å². The minimum atomic E-state index is -0.601. The maximum absolute atomic E-state index is 11.3. The predicted octanol–water partition coefficient (Wildman–Crippen LogP) is 4.46. The zero-order valence-corrected chi connectivity index (χ0v) is 14.2. The van der Waals surface area contributed by atoms with Crippen LogP contribution in [0.5, 0.6) is 5.75 Å². The first-order chi connectivity index (χ1) is 11.1. The van der Waals surface area contributed by atoms with Gasteiger partial charge in [0.05, 0.1) is 7.11 Å². The topological polar surface area (TPSA) is 35.5 Å². The number of benzene rings is 2. The van der Waals surface area contributed by atoms with Crippen LogP contribution in [-0.4, -0.2) is 19.2 Å². The molecule has 0 aromatic heterocycles. The maximum Gasteiger partial charge on any atom is 0.346 e. The molecule has 3 nitrogen and oxygen atoms in total. The van der Waals surface area contributed by atoms with E-state index in [1.165, 1.54) is 18.2 Å². The molecule has 0 amide bonds. The first-order valence-corrected chi connectivity index (χ1v) is 8.04. The van der Waals surface area contributed by atoms with Crippen LogP contribution >= 0.6 is 11.6 Å². The van der Waals surface area contributed by atoms with Gasteiger partial charge in [0.2, 0.25) is 0 Å². The summed E-state index contributed by atoms with van der Waals surface area (Å²) in [6.07, 6.45) is 2.49. The van der Waals surface area contributed by atoms with Crippen molar-refractivity contribution in [2.75, 3.05) is 7.11 Å². The van der Waals surface area contributed by atoms with E-state index in [1.807, 2.05) is 36.4 Å². The van der Waals surface area contributed by atoms with Crippen LogP contribution in [0.25, 0.3) is 0 Å². The van der Waals surface area contributed by atoms with Crippen LogP contribution in [-0.2, 0) is 22.4 Å². The van der Waals surface area contributed by atoms with Gasteiger partial charge in [0.15, 0.2) is 6.10 Å². The average molecular weight is 333 g/mol. The summed E-state index contributed by atoms with van der Waals surface area (Å²) in [7, 11) is 1.35. The lowest BCUT2D eigenvalue weighted by atomic mass is 10.0. The highest BCUT2D eigenvalue weighted by Crippen LogP contribution is 2.17. The maximum atomic E-state index is 11.3. The quantitative estimate of drug-likeness (QED) is 0.702. The van der Waals surface area contributed by atoms with Gasteiger partial charge in [-0.2, -0.15) is 0 Å². The van der Waals surface area contributed by atoms with Gasteiger partial charge in [-0.15, -0.1) is 0 Å². The third kappa shape index (κ3) is 5.61. The summed E-state index contributed by atoms with van der Waals surface area (Å²) >= 11 is 5.88. The van der Waals surface area contributed by atoms with Crippen molar-refractivity contribution in [3.8, 4) is 5.75 Å². The van der Waals surface area contributed by atoms with Gasteiger partial charge in [0.1, 0.15) is 5.75 Å². The van der Waals surface area contributed by atoms with Gasteiger partial charge in [-0.3, -0.25) is 0 Å². The fraction of sp³-hybridized carbons (Fsp3) is 0.316. The van der Waals surface area contributed by atoms with Crippen LogP contribution in [0, 0.1) is 0 Å². The lowest BCUT2D eigenvalue weighted by Gasteiger charge is -2.12. The second kappa shape index (κ2) is 8.59. The number of aryl methyl sites for hydroxylation is 2. The smallest absolute Gasteiger partial charge is 0.346 e. The summed E-state index contributed by atoms with van der Waals surface area (Å²) in [6.45, 7) is 1.67. The van der Waals surface area contributed by atoms with Crippen LogP contribution in [0.4, 0.5) is 0 Å². The largest absolute Gasteiger partial charge is 0.479 e. The molecule has 0 radical (unpaired) electrons. The highest BCUT2D eigenvalue weighted by molar-refractivity contribution is 6.30. The number of carbonyl (C=O) groups is 1. The highest BCUT2D eigenvalue weighted by atomic mass is 35.5. The molecule has 0 spiro atoms. The summed E-state index contributed by atoms with van der Waals surface area (Å²) in [5.41, 5.74) is 2.54. The zero-order valence-electron chi connectivity index (χ0n) is 13.4. The van der Waals surface area contributed by atoms with Gasteiger partial charge in [-0.05, 0) is 61.6 Å². The molecule has 0 saturated carbocycles. The number of esters is 1. The SMILES string of the molecule is COC(=O)C(C)Oc1ccc(CCCc2ccc(Cl)cc2)cc1. The van der Waals surface area contributed by atoms with E-state index in [4.69, 9.17) is 16.3 Å². The molecule has 0 heterocycles. The molecule has 0 saturated heterocycles. The molecule has 0 aliphatic heterocycles. The van der Waals surface area contributed by atoms with Crippen molar-refractivity contribution in [2.24, 2.45) is 0 Å². The van der Waals surface area contributed by atoms with Crippen molar-refractivity contribution >= 4 is 17.6 Å². The highest BCUT2D eigenvalue weighted by Gasteiger charge is 2.14. The van der Waals surface area contributed by atoms with E-state index in [9.17, 15) is 4.79 Å². The molecular weight excluding hydrogens is 312 g/mol. The van der Waals surface area contributed by atoms with Crippen LogP contribution < -0.4 is 4.74 Å². The first-order valence-electron chi connectivity index (χ1n) is 7.66. The van der Waals surface area contributed by atoms with Crippen LogP contribution in [0.3, 0.4) is 0 Å². The monoisotopic (exact) mass is 332 g/mol. The molecule has 0 aliphatic rings. The van der Waals surface area contributed by atoms with Gasteiger partial charge < -0.3 is 9.47 Å². The van der Waals surface area contributed by atoms with Crippen molar-refractivity contribution in [3.63, 3.8) is 0 Å². The third-order valence-corrected chi connectivity index (χ3v) is 3.87. The van der Waals surface area contributed by atoms with E-state index in [-0.39, 0.29) is 5.97 Å². The third-order valence-electron chi connectivity index (χ3n) is 3.61. The first kappa shape index (κ1) is 17.4. The number of halogens is 1. The van der Waals surface area contributed by atoms with Gasteiger partial charge in [0, 0.05) is 5.02 Å². The van der Waals surface area contributed by atoms with Crippen molar-refractivity contribution in [1.29, 1.82) is 0 Å². The number of hydrogen-bond donors (Lipinski definition) is 0. The summed E-state index contributed by atoms with van der Waals surface area (Å²) in [6, 6.07) is 15.8. The molecule has 2 rings (SSSR count). The second-order valence-corrected chi connectivity index (χ2v) is 5.84. The van der Waals surface area contributed by atoms with Gasteiger partial charge >= 0.3 is 5.97 Å². The summed E-state index contributed by atoms with van der Waals surface area (Å²) in [5, 5.41) is 0.769. The van der Waals surface area contributed by atoms with E-state index in [0.717, 1.165) is 24.3 Å². The van der Waals surface area contributed by atoms with E-state index in [1.54, 1.807) is 6.92 Å².